The number of hydrogen-bond acceptors (Lipinski definition) is 17. The van der Waals surface area contributed by atoms with Gasteiger partial charge in [0.1, 0.15) is 19.6 Å². The lowest BCUT2D eigenvalue weighted by Gasteiger charge is -2.19. The van der Waals surface area contributed by atoms with E-state index in [2.05, 4.69) is 20.3 Å². The van der Waals surface area contributed by atoms with Gasteiger partial charge in [-0.3, -0.25) is 13.6 Å². The van der Waals surface area contributed by atoms with Crippen LogP contribution in [0.3, 0.4) is 0 Å². The van der Waals surface area contributed by atoms with Crippen molar-refractivity contribution in [2.45, 2.75) is 63.3 Å². The number of aromatic nitrogens is 4. The molecule has 1 saturated heterocycles. The summed E-state index contributed by atoms with van der Waals surface area (Å²) in [5.74, 6) is 0.625. The third kappa shape index (κ3) is 12.3. The Bertz CT molecular complexity index is 1300. The van der Waals surface area contributed by atoms with E-state index in [1.165, 1.54) is 27.1 Å². The van der Waals surface area contributed by atoms with Gasteiger partial charge in [0.15, 0.2) is 17.0 Å². The van der Waals surface area contributed by atoms with Crippen molar-refractivity contribution in [3.05, 3.63) is 11.6 Å². The Morgan fingerprint density at radius 2 is 1.57 bits per heavy atom. The van der Waals surface area contributed by atoms with E-state index in [0.29, 0.717) is 36.0 Å². The average molecular weight is 710 g/mol. The van der Waals surface area contributed by atoms with Gasteiger partial charge in [-0.05, 0) is 37.3 Å². The summed E-state index contributed by atoms with van der Waals surface area (Å²) in [5.41, 5.74) is 1.26. The Morgan fingerprint density at radius 1 is 0.936 bits per heavy atom. The van der Waals surface area contributed by atoms with Gasteiger partial charge in [0.2, 0.25) is 18.9 Å². The molecule has 1 aliphatic heterocycles. The molecule has 0 bridgehead atoms. The second kappa shape index (κ2) is 19.2. The van der Waals surface area contributed by atoms with Crippen molar-refractivity contribution >= 4 is 48.5 Å². The van der Waals surface area contributed by atoms with Gasteiger partial charge in [0.05, 0.1) is 44.9 Å². The first kappa shape index (κ1) is 37.0. The number of hydrogen-bond donors (Lipinski definition) is 1. The number of anilines is 1. The number of nitrogens with zero attached hydrogens (tertiary/aromatic N) is 4. The van der Waals surface area contributed by atoms with E-state index >= 15 is 0 Å². The second-order valence-electron chi connectivity index (χ2n) is 10.6. The van der Waals surface area contributed by atoms with Crippen molar-refractivity contribution in [2.24, 2.45) is 0 Å². The van der Waals surface area contributed by atoms with Crippen LogP contribution in [-0.4, -0.2) is 117 Å². The highest BCUT2D eigenvalue weighted by molar-refractivity contribution is 7.53. The van der Waals surface area contributed by atoms with Gasteiger partial charge in [-0.25, -0.2) is 14.6 Å². The largest absolute Gasteiger partial charge is 0.510 e. The minimum Gasteiger partial charge on any atom is -0.432 e. The van der Waals surface area contributed by atoms with Crippen molar-refractivity contribution in [1.82, 2.24) is 19.5 Å². The van der Waals surface area contributed by atoms with Crippen LogP contribution < -0.4 is 5.32 Å². The van der Waals surface area contributed by atoms with Crippen LogP contribution in [0.5, 0.6) is 0 Å². The first-order valence-electron chi connectivity index (χ1n) is 15.1. The number of methoxy groups -OCH3 is 2. The van der Waals surface area contributed by atoms with E-state index in [0.717, 1.165) is 19.3 Å². The molecule has 2 aromatic rings. The molecule has 2 fully saturated rings. The average Bonchev–Trinajstić information content (AvgIpc) is 3.80. The van der Waals surface area contributed by atoms with Crippen LogP contribution in [0.15, 0.2) is 6.33 Å². The standard InChI is InChI=1S/C27H41ClN5O13P/c1-37-9-11-40-26(34)42-16-44-47(36,45-17-43-27(35)41-12-10-38-2)18-39-14-21-8-7-20(46-21)13-33-15-29-22-23(30-19-5-3-4-6-19)31-25(28)32-24(22)33/h15,19-21H,3-14,16-18H2,1-2H3,(H,30,31,32)/t20?,21-/m0/s1. The summed E-state index contributed by atoms with van der Waals surface area (Å²) in [6, 6.07) is 0.338. The minimum atomic E-state index is -4.10. The highest BCUT2D eigenvalue weighted by Gasteiger charge is 2.31. The Labute approximate surface area is 276 Å². The van der Waals surface area contributed by atoms with Crippen LogP contribution in [0.25, 0.3) is 11.2 Å². The Hall–Kier alpha value is -2.83. The van der Waals surface area contributed by atoms with Gasteiger partial charge in [-0.2, -0.15) is 9.97 Å². The smallest absolute Gasteiger partial charge is 0.432 e. The summed E-state index contributed by atoms with van der Waals surface area (Å²) in [6.45, 7) is -0.809. The number of ether oxygens (including phenoxy) is 8. The number of fused-ring (bicyclic) bond motifs is 1. The molecular weight excluding hydrogens is 669 g/mol. The molecule has 18 nitrogen and oxygen atoms in total. The fourth-order valence-electron chi connectivity index (χ4n) is 4.89. The zero-order valence-corrected chi connectivity index (χ0v) is 28.0. The van der Waals surface area contributed by atoms with Gasteiger partial charge < -0.3 is 47.8 Å². The first-order valence-corrected chi connectivity index (χ1v) is 17.2. The van der Waals surface area contributed by atoms with Crippen LogP contribution in [0.2, 0.25) is 5.28 Å². The maximum Gasteiger partial charge on any atom is 0.510 e. The molecule has 3 heterocycles. The van der Waals surface area contributed by atoms with Crippen molar-refractivity contribution in [3.8, 4) is 0 Å². The number of imidazole rings is 1. The lowest BCUT2D eigenvalue weighted by molar-refractivity contribution is -0.0375. The summed E-state index contributed by atoms with van der Waals surface area (Å²) in [4.78, 5) is 36.6. The third-order valence-electron chi connectivity index (χ3n) is 7.15. The van der Waals surface area contributed by atoms with Gasteiger partial charge in [-0.1, -0.05) is 12.8 Å². The number of carbonyl (C=O) groups is 2. The van der Waals surface area contributed by atoms with E-state index in [1.54, 1.807) is 6.33 Å². The SMILES string of the molecule is COCCOC(=O)OCOP(=O)(COC[C@@H]1CCC(Cn2cnc3c(NC4CCCC4)nc(Cl)nc32)O1)OCOC(=O)OCCOC. The summed E-state index contributed by atoms with van der Waals surface area (Å²) in [6.07, 6.45) is 4.40. The Balaban J connectivity index is 1.25. The van der Waals surface area contributed by atoms with Crippen LogP contribution in [-0.2, 0) is 58.1 Å². The fraction of sp³-hybridized carbons (Fsp3) is 0.741. The molecule has 1 N–H and O–H groups in total. The maximum absolute atomic E-state index is 13.3. The highest BCUT2D eigenvalue weighted by atomic mass is 35.5. The zero-order valence-electron chi connectivity index (χ0n) is 26.3. The summed E-state index contributed by atoms with van der Waals surface area (Å²) < 4.78 is 65.8. The molecule has 2 atom stereocenters. The van der Waals surface area contributed by atoms with Crippen LogP contribution in [0.1, 0.15) is 38.5 Å². The van der Waals surface area contributed by atoms with Crippen LogP contribution in [0, 0.1) is 0 Å². The molecule has 0 amide bonds. The molecule has 4 rings (SSSR count). The molecule has 1 saturated carbocycles. The van der Waals surface area contributed by atoms with Crippen molar-refractivity contribution in [1.29, 1.82) is 0 Å². The van der Waals surface area contributed by atoms with E-state index in [9.17, 15) is 14.2 Å². The number of nitrogens with one attached hydrogen (secondary N) is 1. The summed E-state index contributed by atoms with van der Waals surface area (Å²) >= 11 is 6.25. The molecule has 0 aromatic carbocycles. The normalized spacial score (nSPS) is 18.4. The van der Waals surface area contributed by atoms with Gasteiger partial charge >= 0.3 is 19.9 Å². The van der Waals surface area contributed by atoms with Gasteiger partial charge in [-0.15, -0.1) is 0 Å². The highest BCUT2D eigenvalue weighted by Crippen LogP contribution is 2.48. The summed E-state index contributed by atoms with van der Waals surface area (Å²) in [5, 5.41) is 3.59. The van der Waals surface area contributed by atoms with Gasteiger partial charge in [0, 0.05) is 20.3 Å². The molecule has 264 valence electrons. The Kier molecular flexibility index (Phi) is 15.1. The topological polar surface area (TPSA) is 199 Å². The molecule has 1 unspecified atom stereocenters. The van der Waals surface area contributed by atoms with Crippen molar-refractivity contribution < 1.29 is 61.1 Å². The van der Waals surface area contributed by atoms with Gasteiger partial charge in [0.25, 0.3) is 0 Å². The number of halogens is 1. The molecule has 2 aliphatic rings. The first-order chi connectivity index (χ1) is 22.8. The van der Waals surface area contributed by atoms with E-state index in [-0.39, 0.29) is 50.5 Å². The number of rotatable bonds is 20. The minimum absolute atomic E-state index is 0.0504. The predicted octanol–water partition coefficient (Wildman–Crippen LogP) is 4.10. The molecule has 0 radical (unpaired) electrons. The van der Waals surface area contributed by atoms with E-state index in [4.69, 9.17) is 58.5 Å². The van der Waals surface area contributed by atoms with E-state index in [1.807, 2.05) is 4.57 Å². The molecular formula is C27H41ClN5O13P. The summed E-state index contributed by atoms with van der Waals surface area (Å²) in [7, 11) is -1.22. The second-order valence-corrected chi connectivity index (χ2v) is 12.9. The zero-order chi connectivity index (χ0) is 33.5. The number of carbonyl (C=O) groups excluding carboxylic acids is 2. The quantitative estimate of drug-likeness (QED) is 0.0677. The van der Waals surface area contributed by atoms with Crippen molar-refractivity contribution in [2.75, 3.05) is 72.5 Å². The van der Waals surface area contributed by atoms with Crippen molar-refractivity contribution in [3.63, 3.8) is 0 Å². The predicted molar refractivity (Wildman–Crippen MR) is 163 cm³/mol. The van der Waals surface area contributed by atoms with Crippen LogP contribution in [0.4, 0.5) is 15.4 Å². The molecule has 47 heavy (non-hydrogen) atoms. The lowest BCUT2D eigenvalue weighted by Crippen LogP contribution is -2.21. The van der Waals surface area contributed by atoms with E-state index < -0.39 is 39.8 Å². The molecule has 20 heteroatoms. The lowest BCUT2D eigenvalue weighted by atomic mass is 10.2. The van der Waals surface area contributed by atoms with Crippen LogP contribution >= 0.6 is 19.2 Å². The third-order valence-corrected chi connectivity index (χ3v) is 8.81. The Morgan fingerprint density at radius 3 is 2.21 bits per heavy atom. The molecule has 2 aromatic heterocycles. The monoisotopic (exact) mass is 709 g/mol. The molecule has 0 spiro atoms. The fourth-order valence-corrected chi connectivity index (χ4v) is 6.03. The molecule has 1 aliphatic carbocycles. The maximum atomic E-state index is 13.3.